The maximum Gasteiger partial charge on any atom is 0.212 e. The predicted molar refractivity (Wildman–Crippen MR) is 80.6 cm³/mol. The summed E-state index contributed by atoms with van der Waals surface area (Å²) in [6.45, 7) is 7.87. The van der Waals surface area contributed by atoms with E-state index < -0.39 is 0 Å². The lowest BCUT2D eigenvalue weighted by Gasteiger charge is -2.19. The highest BCUT2D eigenvalue weighted by Gasteiger charge is 2.10. The first-order valence-corrected chi connectivity index (χ1v) is 7.38. The van der Waals surface area contributed by atoms with Crippen LogP contribution in [-0.2, 0) is 6.42 Å². The van der Waals surface area contributed by atoms with Gasteiger partial charge in [-0.15, -0.1) is 0 Å². The van der Waals surface area contributed by atoms with Gasteiger partial charge in [-0.25, -0.2) is 4.98 Å². The van der Waals surface area contributed by atoms with Crippen LogP contribution in [0.25, 0.3) is 0 Å². The van der Waals surface area contributed by atoms with Crippen molar-refractivity contribution < 1.29 is 4.74 Å². The Labute approximate surface area is 117 Å². The van der Waals surface area contributed by atoms with Crippen LogP contribution in [0.2, 0.25) is 0 Å². The van der Waals surface area contributed by atoms with Crippen molar-refractivity contribution in [2.45, 2.75) is 52.5 Å². The second-order valence-corrected chi connectivity index (χ2v) is 5.54. The topological polar surface area (TPSA) is 34.1 Å². The number of ether oxygens (including phenoxy) is 1. The van der Waals surface area contributed by atoms with Crippen LogP contribution in [0.15, 0.2) is 18.3 Å². The van der Waals surface area contributed by atoms with E-state index in [9.17, 15) is 0 Å². The van der Waals surface area contributed by atoms with E-state index in [2.05, 4.69) is 37.1 Å². The Bertz CT molecular complexity index is 335. The van der Waals surface area contributed by atoms with E-state index in [1.807, 2.05) is 12.3 Å². The number of hydrogen-bond donors (Lipinski definition) is 1. The van der Waals surface area contributed by atoms with E-state index in [-0.39, 0.29) is 0 Å². The Morgan fingerprint density at radius 3 is 2.58 bits per heavy atom. The minimum atomic E-state index is 0.553. The molecule has 0 aliphatic rings. The molecule has 0 saturated heterocycles. The molecule has 19 heavy (non-hydrogen) atoms. The molecule has 1 atom stereocenters. The molecule has 0 fully saturated rings. The summed E-state index contributed by atoms with van der Waals surface area (Å²) < 4.78 is 5.09. The van der Waals surface area contributed by atoms with Crippen LogP contribution in [-0.4, -0.2) is 24.7 Å². The maximum atomic E-state index is 5.09. The third-order valence-electron chi connectivity index (χ3n) is 3.26. The van der Waals surface area contributed by atoms with Crippen molar-refractivity contribution in [2.24, 2.45) is 5.92 Å². The van der Waals surface area contributed by atoms with Crippen LogP contribution in [0.3, 0.4) is 0 Å². The van der Waals surface area contributed by atoms with Crippen molar-refractivity contribution in [1.29, 1.82) is 0 Å². The van der Waals surface area contributed by atoms with Crippen molar-refractivity contribution in [3.8, 4) is 5.88 Å². The van der Waals surface area contributed by atoms with Gasteiger partial charge in [0.05, 0.1) is 7.11 Å². The summed E-state index contributed by atoms with van der Waals surface area (Å²) in [5.74, 6) is 1.45. The van der Waals surface area contributed by atoms with Gasteiger partial charge in [0.1, 0.15) is 0 Å². The van der Waals surface area contributed by atoms with Gasteiger partial charge in [0.2, 0.25) is 5.88 Å². The van der Waals surface area contributed by atoms with Crippen LogP contribution < -0.4 is 10.1 Å². The Balaban J connectivity index is 2.53. The zero-order chi connectivity index (χ0) is 14.1. The SMILES string of the molecule is CCCNC(CCC(C)C)Cc1ccc(OC)nc1. The molecule has 1 rings (SSSR count). The molecule has 108 valence electrons. The fraction of sp³-hybridized carbons (Fsp3) is 0.688. The number of nitrogens with one attached hydrogen (secondary N) is 1. The van der Waals surface area contributed by atoms with Gasteiger partial charge in [0.25, 0.3) is 0 Å². The summed E-state index contributed by atoms with van der Waals surface area (Å²) >= 11 is 0. The fourth-order valence-electron chi connectivity index (χ4n) is 2.10. The van der Waals surface area contributed by atoms with Gasteiger partial charge in [0.15, 0.2) is 0 Å². The van der Waals surface area contributed by atoms with E-state index in [1.165, 1.54) is 24.8 Å². The van der Waals surface area contributed by atoms with Gasteiger partial charge in [-0.1, -0.05) is 26.8 Å². The van der Waals surface area contributed by atoms with E-state index in [1.54, 1.807) is 7.11 Å². The lowest BCUT2D eigenvalue weighted by atomic mass is 9.98. The quantitative estimate of drug-likeness (QED) is 0.742. The number of hydrogen-bond acceptors (Lipinski definition) is 3. The van der Waals surface area contributed by atoms with Crippen LogP contribution >= 0.6 is 0 Å². The lowest BCUT2D eigenvalue weighted by Crippen LogP contribution is -2.32. The zero-order valence-electron chi connectivity index (χ0n) is 12.8. The smallest absolute Gasteiger partial charge is 0.212 e. The Kier molecular flexibility index (Phi) is 7.49. The summed E-state index contributed by atoms with van der Waals surface area (Å²) in [6.07, 6.45) is 6.65. The van der Waals surface area contributed by atoms with Crippen LogP contribution in [0.1, 0.15) is 45.6 Å². The highest BCUT2D eigenvalue weighted by atomic mass is 16.5. The maximum absolute atomic E-state index is 5.09. The summed E-state index contributed by atoms with van der Waals surface area (Å²) in [7, 11) is 1.65. The molecule has 0 saturated carbocycles. The van der Waals surface area contributed by atoms with Gasteiger partial charge in [-0.05, 0) is 43.7 Å². The molecule has 0 aliphatic heterocycles. The highest BCUT2D eigenvalue weighted by molar-refractivity contribution is 5.18. The van der Waals surface area contributed by atoms with Crippen LogP contribution in [0.5, 0.6) is 5.88 Å². The van der Waals surface area contributed by atoms with Gasteiger partial charge < -0.3 is 10.1 Å². The molecule has 0 aliphatic carbocycles. The molecule has 0 radical (unpaired) electrons. The molecule has 1 aromatic rings. The van der Waals surface area contributed by atoms with E-state index in [0.717, 1.165) is 18.9 Å². The largest absolute Gasteiger partial charge is 0.481 e. The first-order valence-electron chi connectivity index (χ1n) is 7.38. The van der Waals surface area contributed by atoms with E-state index in [0.29, 0.717) is 11.9 Å². The second kappa shape index (κ2) is 8.92. The van der Waals surface area contributed by atoms with Gasteiger partial charge in [-0.3, -0.25) is 0 Å². The van der Waals surface area contributed by atoms with Crippen LogP contribution in [0.4, 0.5) is 0 Å². The standard InChI is InChI=1S/C16H28N2O/c1-5-10-17-15(8-6-13(2)3)11-14-7-9-16(19-4)18-12-14/h7,9,12-13,15,17H,5-6,8,10-11H2,1-4H3. The Morgan fingerprint density at radius 2 is 2.05 bits per heavy atom. The predicted octanol–water partition coefficient (Wildman–Crippen LogP) is 3.44. The minimum Gasteiger partial charge on any atom is -0.481 e. The first-order chi connectivity index (χ1) is 9.15. The summed E-state index contributed by atoms with van der Waals surface area (Å²) in [5, 5.41) is 3.64. The zero-order valence-corrected chi connectivity index (χ0v) is 12.8. The fourth-order valence-corrected chi connectivity index (χ4v) is 2.10. The average molecular weight is 264 g/mol. The molecule has 1 N–H and O–H groups in total. The van der Waals surface area contributed by atoms with Crippen molar-refractivity contribution in [2.75, 3.05) is 13.7 Å². The third-order valence-corrected chi connectivity index (χ3v) is 3.26. The molecule has 1 aromatic heterocycles. The number of aromatic nitrogens is 1. The van der Waals surface area contributed by atoms with Crippen LogP contribution in [0, 0.1) is 5.92 Å². The van der Waals surface area contributed by atoms with E-state index >= 15 is 0 Å². The number of pyridine rings is 1. The first kappa shape index (κ1) is 16.0. The van der Waals surface area contributed by atoms with Crippen molar-refractivity contribution in [3.05, 3.63) is 23.9 Å². The Morgan fingerprint density at radius 1 is 1.26 bits per heavy atom. The van der Waals surface area contributed by atoms with Gasteiger partial charge in [0, 0.05) is 18.3 Å². The van der Waals surface area contributed by atoms with Gasteiger partial charge in [-0.2, -0.15) is 0 Å². The normalized spacial score (nSPS) is 12.7. The number of methoxy groups -OCH3 is 1. The molecule has 0 aromatic carbocycles. The molecule has 1 unspecified atom stereocenters. The van der Waals surface area contributed by atoms with Crippen molar-refractivity contribution >= 4 is 0 Å². The molecule has 0 amide bonds. The summed E-state index contributed by atoms with van der Waals surface area (Å²) in [5.41, 5.74) is 1.28. The summed E-state index contributed by atoms with van der Waals surface area (Å²) in [6, 6.07) is 4.61. The lowest BCUT2D eigenvalue weighted by molar-refractivity contribution is 0.396. The molecule has 0 bridgehead atoms. The third kappa shape index (κ3) is 6.58. The minimum absolute atomic E-state index is 0.553. The van der Waals surface area contributed by atoms with E-state index in [4.69, 9.17) is 4.74 Å². The molecule has 3 heteroatoms. The average Bonchev–Trinajstić information content (AvgIpc) is 2.42. The molecule has 3 nitrogen and oxygen atoms in total. The second-order valence-electron chi connectivity index (χ2n) is 5.54. The summed E-state index contributed by atoms with van der Waals surface area (Å²) in [4.78, 5) is 4.28. The van der Waals surface area contributed by atoms with Crippen molar-refractivity contribution in [1.82, 2.24) is 10.3 Å². The number of rotatable bonds is 9. The molecule has 0 spiro atoms. The molecular weight excluding hydrogens is 236 g/mol. The number of nitrogens with zero attached hydrogens (tertiary/aromatic N) is 1. The highest BCUT2D eigenvalue weighted by Crippen LogP contribution is 2.13. The molecule has 1 heterocycles. The monoisotopic (exact) mass is 264 g/mol. The molecular formula is C16H28N2O. The van der Waals surface area contributed by atoms with Gasteiger partial charge >= 0.3 is 0 Å². The Hall–Kier alpha value is -1.09. The van der Waals surface area contributed by atoms with Crippen molar-refractivity contribution in [3.63, 3.8) is 0 Å².